The Hall–Kier alpha value is -1.87. The molecule has 0 spiro atoms. The van der Waals surface area contributed by atoms with Crippen molar-refractivity contribution < 1.29 is 9.59 Å². The molecule has 1 aliphatic carbocycles. The van der Waals surface area contributed by atoms with Crippen LogP contribution in [0.1, 0.15) is 55.8 Å². The lowest BCUT2D eigenvalue weighted by atomic mass is 9.95. The maximum absolute atomic E-state index is 12.0. The van der Waals surface area contributed by atoms with Gasteiger partial charge >= 0.3 is 6.03 Å². The van der Waals surface area contributed by atoms with Gasteiger partial charge in [-0.1, -0.05) is 37.1 Å². The highest BCUT2D eigenvalue weighted by Crippen LogP contribution is 2.33. The number of urea groups is 1. The smallest absolute Gasteiger partial charge is 0.321 e. The van der Waals surface area contributed by atoms with Crippen LogP contribution in [0.5, 0.6) is 0 Å². The Morgan fingerprint density at radius 1 is 1.30 bits per heavy atom. The van der Waals surface area contributed by atoms with Gasteiger partial charge in [0.1, 0.15) is 5.82 Å². The second-order valence-electron chi connectivity index (χ2n) is 6.51. The number of nitrogens with zero attached hydrogens (tertiary/aromatic N) is 3. The van der Waals surface area contributed by atoms with E-state index in [1.54, 1.807) is 18.3 Å². The Morgan fingerprint density at radius 3 is 2.81 bits per heavy atom. The summed E-state index contributed by atoms with van der Waals surface area (Å²) in [5.41, 5.74) is 0. The Morgan fingerprint density at radius 2 is 2.11 bits per heavy atom. The summed E-state index contributed by atoms with van der Waals surface area (Å²) in [7, 11) is 0. The summed E-state index contributed by atoms with van der Waals surface area (Å²) in [6, 6.07) is 4.08. The van der Waals surface area contributed by atoms with Crippen LogP contribution in [0.4, 0.5) is 4.79 Å². The number of thiophene rings is 1. The summed E-state index contributed by atoms with van der Waals surface area (Å²) >= 11 is 3.06. The van der Waals surface area contributed by atoms with Gasteiger partial charge in [-0.15, -0.1) is 21.5 Å². The minimum Gasteiger partial charge on any atom is -0.338 e. The average molecular weight is 408 g/mol. The quantitative estimate of drug-likeness (QED) is 0.687. The van der Waals surface area contributed by atoms with E-state index in [1.165, 1.54) is 35.9 Å². The van der Waals surface area contributed by atoms with Crippen LogP contribution in [0.3, 0.4) is 0 Å². The molecular weight excluding hydrogens is 382 g/mol. The van der Waals surface area contributed by atoms with E-state index < -0.39 is 6.03 Å². The summed E-state index contributed by atoms with van der Waals surface area (Å²) < 4.78 is 2.23. The van der Waals surface area contributed by atoms with Gasteiger partial charge in [0.25, 0.3) is 0 Å². The zero-order valence-corrected chi connectivity index (χ0v) is 17.1. The third kappa shape index (κ3) is 5.55. The van der Waals surface area contributed by atoms with Crippen molar-refractivity contribution in [3.05, 3.63) is 28.2 Å². The maximum atomic E-state index is 12.0. The molecule has 2 aromatic heterocycles. The Kier molecular flexibility index (Phi) is 7.28. The molecule has 1 fully saturated rings. The lowest BCUT2D eigenvalue weighted by Crippen LogP contribution is -2.40. The van der Waals surface area contributed by atoms with E-state index in [4.69, 9.17) is 0 Å². The van der Waals surface area contributed by atoms with E-state index in [-0.39, 0.29) is 11.7 Å². The van der Waals surface area contributed by atoms with Crippen molar-refractivity contribution in [2.75, 3.05) is 12.3 Å². The molecule has 7 nitrogen and oxygen atoms in total. The number of hydrogen-bond donors (Lipinski definition) is 2. The number of nitrogens with one attached hydrogen (secondary N) is 2. The van der Waals surface area contributed by atoms with Gasteiger partial charge in [0.05, 0.1) is 5.75 Å². The van der Waals surface area contributed by atoms with Crippen molar-refractivity contribution in [3.63, 3.8) is 0 Å². The number of aromatic nitrogens is 3. The van der Waals surface area contributed by atoms with Crippen molar-refractivity contribution in [2.45, 2.75) is 56.6 Å². The standard InChI is InChI=1S/C18H25N5O2S2/c1-2-19-17(25)20-16(24)12-27-18-22-21-15(11-14-9-6-10-26-14)23(18)13-7-4-3-5-8-13/h6,9-10,13H,2-5,7-8,11-12H2,1H3,(H2,19,20,24,25). The summed E-state index contributed by atoms with van der Waals surface area (Å²) in [5.74, 6) is 0.765. The SMILES string of the molecule is CCNC(=O)NC(=O)CSc1nnc(Cc2cccs2)n1C1CCCCC1. The van der Waals surface area contributed by atoms with E-state index in [9.17, 15) is 9.59 Å². The molecular formula is C18H25N5O2S2. The lowest BCUT2D eigenvalue weighted by Gasteiger charge is -2.25. The van der Waals surface area contributed by atoms with Crippen LogP contribution < -0.4 is 10.6 Å². The summed E-state index contributed by atoms with van der Waals surface area (Å²) in [4.78, 5) is 24.7. The Labute approximate surface area is 167 Å². The molecule has 0 aromatic carbocycles. The Balaban J connectivity index is 1.70. The number of imide groups is 1. The highest BCUT2D eigenvalue weighted by Gasteiger charge is 2.24. The van der Waals surface area contributed by atoms with Crippen LogP contribution in [0, 0.1) is 0 Å². The number of carbonyl (C=O) groups excluding carboxylic acids is 2. The summed E-state index contributed by atoms with van der Waals surface area (Å²) in [6.45, 7) is 2.29. The molecule has 3 amide bonds. The molecule has 27 heavy (non-hydrogen) atoms. The molecule has 0 saturated heterocycles. The largest absolute Gasteiger partial charge is 0.338 e. The molecule has 0 bridgehead atoms. The van der Waals surface area contributed by atoms with Crippen molar-refractivity contribution in [1.29, 1.82) is 0 Å². The summed E-state index contributed by atoms with van der Waals surface area (Å²) in [6.07, 6.45) is 6.69. The number of carbonyl (C=O) groups is 2. The van der Waals surface area contributed by atoms with Crippen molar-refractivity contribution in [2.24, 2.45) is 0 Å². The number of thioether (sulfide) groups is 1. The minimum atomic E-state index is -0.463. The zero-order chi connectivity index (χ0) is 19.1. The molecule has 2 heterocycles. The van der Waals surface area contributed by atoms with E-state index in [0.29, 0.717) is 12.6 Å². The van der Waals surface area contributed by atoms with Crippen LogP contribution in [-0.4, -0.2) is 39.0 Å². The third-order valence-electron chi connectivity index (χ3n) is 4.51. The first-order valence-electron chi connectivity index (χ1n) is 9.34. The Bertz CT molecular complexity index is 754. The maximum Gasteiger partial charge on any atom is 0.321 e. The third-order valence-corrected chi connectivity index (χ3v) is 6.33. The van der Waals surface area contributed by atoms with Crippen LogP contribution >= 0.6 is 23.1 Å². The molecule has 146 valence electrons. The predicted molar refractivity (Wildman–Crippen MR) is 107 cm³/mol. The van der Waals surface area contributed by atoms with Gasteiger partial charge in [0.15, 0.2) is 5.16 Å². The molecule has 1 saturated carbocycles. The predicted octanol–water partition coefficient (Wildman–Crippen LogP) is 3.37. The lowest BCUT2D eigenvalue weighted by molar-refractivity contribution is -0.117. The first-order valence-corrected chi connectivity index (χ1v) is 11.2. The molecule has 0 unspecified atom stereocenters. The fraction of sp³-hybridized carbons (Fsp3) is 0.556. The molecule has 3 rings (SSSR count). The molecule has 0 aliphatic heterocycles. The molecule has 0 atom stereocenters. The van der Waals surface area contributed by atoms with Crippen LogP contribution in [0.2, 0.25) is 0 Å². The summed E-state index contributed by atoms with van der Waals surface area (Å²) in [5, 5.41) is 16.5. The van der Waals surface area contributed by atoms with E-state index in [2.05, 4.69) is 36.8 Å². The molecule has 2 N–H and O–H groups in total. The van der Waals surface area contributed by atoms with Gasteiger partial charge in [0, 0.05) is 23.9 Å². The van der Waals surface area contributed by atoms with Crippen LogP contribution in [0.25, 0.3) is 0 Å². The number of amides is 3. The molecule has 1 aliphatic rings. The first kappa shape index (κ1) is 19.9. The van der Waals surface area contributed by atoms with Gasteiger partial charge in [-0.25, -0.2) is 4.79 Å². The van der Waals surface area contributed by atoms with E-state index in [1.807, 2.05) is 6.07 Å². The first-order chi connectivity index (χ1) is 13.2. The second-order valence-corrected chi connectivity index (χ2v) is 8.49. The van der Waals surface area contributed by atoms with Gasteiger partial charge in [-0.2, -0.15) is 0 Å². The zero-order valence-electron chi connectivity index (χ0n) is 15.4. The fourth-order valence-corrected chi connectivity index (χ4v) is 4.82. The van der Waals surface area contributed by atoms with Crippen molar-refractivity contribution in [3.8, 4) is 0 Å². The highest BCUT2D eigenvalue weighted by atomic mass is 32.2. The van der Waals surface area contributed by atoms with Gasteiger partial charge in [-0.05, 0) is 31.2 Å². The van der Waals surface area contributed by atoms with Gasteiger partial charge in [-0.3, -0.25) is 10.1 Å². The van der Waals surface area contributed by atoms with Crippen molar-refractivity contribution in [1.82, 2.24) is 25.4 Å². The van der Waals surface area contributed by atoms with Crippen LogP contribution in [0.15, 0.2) is 22.7 Å². The number of rotatable bonds is 7. The van der Waals surface area contributed by atoms with E-state index in [0.717, 1.165) is 30.2 Å². The fourth-order valence-electron chi connectivity index (χ4n) is 3.30. The molecule has 2 aromatic rings. The van der Waals surface area contributed by atoms with Crippen LogP contribution in [-0.2, 0) is 11.2 Å². The van der Waals surface area contributed by atoms with Crippen molar-refractivity contribution >= 4 is 35.0 Å². The van der Waals surface area contributed by atoms with Gasteiger partial charge < -0.3 is 9.88 Å². The second kappa shape index (κ2) is 9.89. The normalized spacial score (nSPS) is 14.9. The monoisotopic (exact) mass is 407 g/mol. The topological polar surface area (TPSA) is 88.9 Å². The minimum absolute atomic E-state index is 0.140. The van der Waals surface area contributed by atoms with Gasteiger partial charge in [0.2, 0.25) is 5.91 Å². The highest BCUT2D eigenvalue weighted by molar-refractivity contribution is 7.99. The number of hydrogen-bond acceptors (Lipinski definition) is 6. The molecule has 0 radical (unpaired) electrons. The molecule has 9 heteroatoms. The van der Waals surface area contributed by atoms with E-state index >= 15 is 0 Å². The average Bonchev–Trinajstić information content (AvgIpc) is 3.31.